The quantitative estimate of drug-likeness (QED) is 0.856. The van der Waals surface area contributed by atoms with E-state index in [0.717, 1.165) is 5.56 Å². The van der Waals surface area contributed by atoms with Crippen molar-refractivity contribution in [3.8, 4) is 0 Å². The number of carboxylic acids is 1. The van der Waals surface area contributed by atoms with Crippen LogP contribution < -0.4 is 0 Å². The number of ketones is 1. The molecule has 0 spiro atoms. The fraction of sp³-hybridized carbons (Fsp3) is 0.0769. The lowest BCUT2D eigenvalue weighted by atomic mass is 10.0. The van der Waals surface area contributed by atoms with Gasteiger partial charge in [0.05, 0.1) is 0 Å². The van der Waals surface area contributed by atoms with E-state index in [0.29, 0.717) is 15.6 Å². The fourth-order valence-corrected chi connectivity index (χ4v) is 2.28. The number of nitrogens with one attached hydrogen (secondary N) is 1. The average Bonchev–Trinajstić information content (AvgIpc) is 2.77. The van der Waals surface area contributed by atoms with Gasteiger partial charge < -0.3 is 10.1 Å². The summed E-state index contributed by atoms with van der Waals surface area (Å²) < 4.78 is 0.700. The van der Waals surface area contributed by atoms with E-state index in [1.54, 1.807) is 6.07 Å². The molecule has 0 saturated heterocycles. The number of carbonyl (C=O) groups is 2. The van der Waals surface area contributed by atoms with Gasteiger partial charge in [-0.25, -0.2) is 4.79 Å². The molecule has 4 nitrogen and oxygen atoms in total. The highest BCUT2D eigenvalue weighted by Gasteiger charge is 2.16. The molecule has 2 N–H and O–H groups in total. The normalized spacial score (nSPS) is 10.3. The molecule has 0 saturated carbocycles. The first-order chi connectivity index (χ1) is 8.49. The number of aromatic nitrogens is 1. The van der Waals surface area contributed by atoms with E-state index in [-0.39, 0.29) is 11.5 Å². The number of aromatic amines is 1. The maximum absolute atomic E-state index is 12.2. The van der Waals surface area contributed by atoms with Crippen LogP contribution in [0.1, 0.15) is 32.0 Å². The van der Waals surface area contributed by atoms with Gasteiger partial charge in [0.2, 0.25) is 0 Å². The summed E-state index contributed by atoms with van der Waals surface area (Å²) in [5.74, 6) is -1.30. The Kier molecular flexibility index (Phi) is 3.34. The smallest absolute Gasteiger partial charge is 0.352 e. The van der Waals surface area contributed by atoms with Gasteiger partial charge in [-0.15, -0.1) is 0 Å². The summed E-state index contributed by atoms with van der Waals surface area (Å²) in [6.07, 6.45) is 1.40. The standard InChI is InChI=1S/C13H10BrNO3/c1-7-2-3-9(10(14)4-7)12(16)8-5-11(13(17)18)15-6-8/h2-6,15H,1H3,(H,17,18). The van der Waals surface area contributed by atoms with Gasteiger partial charge in [-0.05, 0) is 30.7 Å². The van der Waals surface area contributed by atoms with E-state index in [4.69, 9.17) is 5.11 Å². The molecule has 0 aliphatic heterocycles. The third kappa shape index (κ3) is 2.36. The molecular formula is C13H10BrNO3. The van der Waals surface area contributed by atoms with E-state index in [9.17, 15) is 9.59 Å². The highest BCUT2D eigenvalue weighted by Crippen LogP contribution is 2.21. The van der Waals surface area contributed by atoms with E-state index in [2.05, 4.69) is 20.9 Å². The summed E-state index contributed by atoms with van der Waals surface area (Å²) in [6.45, 7) is 1.93. The van der Waals surface area contributed by atoms with Gasteiger partial charge in [0.1, 0.15) is 5.69 Å². The van der Waals surface area contributed by atoms with Gasteiger partial charge in [0.25, 0.3) is 0 Å². The first-order valence-corrected chi connectivity index (χ1v) is 6.01. The number of rotatable bonds is 3. The van der Waals surface area contributed by atoms with Crippen LogP contribution >= 0.6 is 15.9 Å². The molecule has 1 aromatic carbocycles. The molecular weight excluding hydrogens is 298 g/mol. The van der Waals surface area contributed by atoms with Crippen molar-refractivity contribution in [1.29, 1.82) is 0 Å². The van der Waals surface area contributed by atoms with Crippen LogP contribution in [0.15, 0.2) is 34.9 Å². The number of benzene rings is 1. The van der Waals surface area contributed by atoms with Crippen molar-refractivity contribution in [2.75, 3.05) is 0 Å². The van der Waals surface area contributed by atoms with Gasteiger partial charge in [-0.3, -0.25) is 4.79 Å². The molecule has 0 radical (unpaired) electrons. The fourth-order valence-electron chi connectivity index (χ4n) is 1.61. The Morgan fingerprint density at radius 1 is 1.28 bits per heavy atom. The minimum Gasteiger partial charge on any atom is -0.477 e. The lowest BCUT2D eigenvalue weighted by Gasteiger charge is -2.02. The number of hydrogen-bond acceptors (Lipinski definition) is 2. The van der Waals surface area contributed by atoms with Gasteiger partial charge >= 0.3 is 5.97 Å². The molecule has 0 fully saturated rings. The predicted molar refractivity (Wildman–Crippen MR) is 70.1 cm³/mol. The first kappa shape index (κ1) is 12.6. The summed E-state index contributed by atoms with van der Waals surface area (Å²) >= 11 is 3.33. The summed E-state index contributed by atoms with van der Waals surface area (Å²) in [7, 11) is 0. The number of halogens is 1. The second-order valence-corrected chi connectivity index (χ2v) is 4.77. The highest BCUT2D eigenvalue weighted by atomic mass is 79.9. The molecule has 5 heteroatoms. The molecule has 92 valence electrons. The largest absolute Gasteiger partial charge is 0.477 e. The predicted octanol–water partition coefficient (Wildman–Crippen LogP) is 3.01. The van der Waals surface area contributed by atoms with E-state index in [1.807, 2.05) is 19.1 Å². The van der Waals surface area contributed by atoms with Crippen LogP contribution in [0.2, 0.25) is 0 Å². The highest BCUT2D eigenvalue weighted by molar-refractivity contribution is 9.10. The monoisotopic (exact) mass is 307 g/mol. The Bertz CT molecular complexity index is 631. The molecule has 0 aliphatic rings. The molecule has 0 bridgehead atoms. The third-order valence-corrected chi connectivity index (χ3v) is 3.20. The molecule has 2 aromatic rings. The van der Waals surface area contributed by atoms with Crippen molar-refractivity contribution in [2.45, 2.75) is 6.92 Å². The van der Waals surface area contributed by atoms with E-state index >= 15 is 0 Å². The van der Waals surface area contributed by atoms with E-state index < -0.39 is 5.97 Å². The molecule has 0 aliphatic carbocycles. The van der Waals surface area contributed by atoms with Crippen molar-refractivity contribution >= 4 is 27.7 Å². The second kappa shape index (κ2) is 4.78. The van der Waals surface area contributed by atoms with Crippen LogP contribution in [0.3, 0.4) is 0 Å². The van der Waals surface area contributed by atoms with Gasteiger partial charge in [-0.1, -0.05) is 22.0 Å². The number of aryl methyl sites for hydroxylation is 1. The van der Waals surface area contributed by atoms with Gasteiger partial charge in [-0.2, -0.15) is 0 Å². The van der Waals surface area contributed by atoms with Crippen molar-refractivity contribution in [2.24, 2.45) is 0 Å². The Balaban J connectivity index is 2.38. The van der Waals surface area contributed by atoms with Crippen LogP contribution in [0.4, 0.5) is 0 Å². The molecule has 0 unspecified atom stereocenters. The maximum Gasteiger partial charge on any atom is 0.352 e. The molecule has 0 atom stereocenters. The summed E-state index contributed by atoms with van der Waals surface area (Å²) in [5.41, 5.74) is 1.88. The van der Waals surface area contributed by atoms with Crippen molar-refractivity contribution < 1.29 is 14.7 Å². The van der Waals surface area contributed by atoms with Crippen LogP contribution in [0.5, 0.6) is 0 Å². The topological polar surface area (TPSA) is 70.2 Å². The second-order valence-electron chi connectivity index (χ2n) is 3.92. The molecule has 1 heterocycles. The van der Waals surface area contributed by atoms with Gasteiger partial charge in [0.15, 0.2) is 5.78 Å². The molecule has 18 heavy (non-hydrogen) atoms. The van der Waals surface area contributed by atoms with Crippen molar-refractivity contribution in [1.82, 2.24) is 4.98 Å². The summed E-state index contributed by atoms with van der Waals surface area (Å²) in [5, 5.41) is 8.79. The van der Waals surface area contributed by atoms with E-state index in [1.165, 1.54) is 12.3 Å². The Labute approximate surface area is 112 Å². The minimum absolute atomic E-state index is 0.00147. The number of carboxylic acid groups (broad SMARTS) is 1. The lowest BCUT2D eigenvalue weighted by molar-refractivity contribution is 0.0691. The Hall–Kier alpha value is -1.88. The van der Waals surface area contributed by atoms with Crippen LogP contribution in [-0.4, -0.2) is 21.8 Å². The maximum atomic E-state index is 12.2. The molecule has 2 rings (SSSR count). The Morgan fingerprint density at radius 2 is 2.00 bits per heavy atom. The summed E-state index contributed by atoms with van der Waals surface area (Å²) in [6, 6.07) is 6.73. The average molecular weight is 308 g/mol. The first-order valence-electron chi connectivity index (χ1n) is 5.21. The SMILES string of the molecule is Cc1ccc(C(=O)c2c[nH]c(C(=O)O)c2)c(Br)c1. The summed E-state index contributed by atoms with van der Waals surface area (Å²) in [4.78, 5) is 25.5. The zero-order valence-corrected chi connectivity index (χ0v) is 11.1. The van der Waals surface area contributed by atoms with Crippen LogP contribution in [0.25, 0.3) is 0 Å². The minimum atomic E-state index is -1.09. The van der Waals surface area contributed by atoms with Crippen LogP contribution in [0, 0.1) is 6.92 Å². The van der Waals surface area contributed by atoms with Crippen molar-refractivity contribution in [3.05, 3.63) is 57.3 Å². The third-order valence-electron chi connectivity index (χ3n) is 2.54. The number of carbonyl (C=O) groups excluding carboxylic acids is 1. The zero-order chi connectivity index (χ0) is 13.3. The zero-order valence-electron chi connectivity index (χ0n) is 9.53. The molecule has 0 amide bonds. The molecule has 1 aromatic heterocycles. The van der Waals surface area contributed by atoms with Gasteiger partial charge in [0, 0.05) is 21.8 Å². The lowest BCUT2D eigenvalue weighted by Crippen LogP contribution is -2.01. The Morgan fingerprint density at radius 3 is 2.56 bits per heavy atom. The number of H-pyrrole nitrogens is 1. The number of aromatic carboxylic acids is 1. The number of hydrogen-bond donors (Lipinski definition) is 2. The van der Waals surface area contributed by atoms with Crippen molar-refractivity contribution in [3.63, 3.8) is 0 Å². The van der Waals surface area contributed by atoms with Crippen LogP contribution in [-0.2, 0) is 0 Å².